The van der Waals surface area contributed by atoms with Crippen LogP contribution in [0.4, 0.5) is 0 Å². The van der Waals surface area contributed by atoms with Crippen molar-refractivity contribution in [2.75, 3.05) is 13.1 Å². The van der Waals surface area contributed by atoms with Crippen LogP contribution in [0.5, 0.6) is 0 Å². The van der Waals surface area contributed by atoms with Crippen LogP contribution in [0.2, 0.25) is 0 Å². The van der Waals surface area contributed by atoms with Gasteiger partial charge in [-0.3, -0.25) is 0 Å². The summed E-state index contributed by atoms with van der Waals surface area (Å²) in [5.41, 5.74) is -0.182. The fraction of sp³-hybridized carbons (Fsp3) is 0.857. The lowest BCUT2D eigenvalue weighted by Crippen LogP contribution is -2.49. The molecule has 1 fully saturated rings. The highest BCUT2D eigenvalue weighted by atomic mass is 35.5. The summed E-state index contributed by atoms with van der Waals surface area (Å²) in [6.45, 7) is 5.43. The standard InChI is InChI=1S/C7H12N2O.ClH/c1-7(2)5-9-4-6(3-8)10-7;/h6,9H,4-5H2,1-2H3;1H. The molecule has 1 aliphatic rings. The summed E-state index contributed by atoms with van der Waals surface area (Å²) in [5.74, 6) is 0. The van der Waals surface area contributed by atoms with Gasteiger partial charge in [0, 0.05) is 13.1 Å². The monoisotopic (exact) mass is 176 g/mol. The van der Waals surface area contributed by atoms with Crippen molar-refractivity contribution in [1.82, 2.24) is 5.32 Å². The molecule has 3 nitrogen and oxygen atoms in total. The maximum atomic E-state index is 8.51. The zero-order valence-electron chi connectivity index (χ0n) is 6.76. The molecule has 0 aromatic rings. The summed E-state index contributed by atoms with van der Waals surface area (Å²) >= 11 is 0. The van der Waals surface area contributed by atoms with Crippen LogP contribution in [-0.2, 0) is 4.74 Å². The van der Waals surface area contributed by atoms with Crippen molar-refractivity contribution in [3.05, 3.63) is 0 Å². The summed E-state index contributed by atoms with van der Waals surface area (Å²) in [4.78, 5) is 0. The summed E-state index contributed by atoms with van der Waals surface area (Å²) in [6.07, 6.45) is -0.274. The molecule has 1 atom stereocenters. The highest BCUT2D eigenvalue weighted by Gasteiger charge is 2.27. The molecule has 0 amide bonds. The first-order valence-electron chi connectivity index (χ1n) is 3.42. The van der Waals surface area contributed by atoms with Crippen molar-refractivity contribution < 1.29 is 4.74 Å². The Morgan fingerprint density at radius 2 is 2.27 bits per heavy atom. The van der Waals surface area contributed by atoms with Crippen LogP contribution in [0.25, 0.3) is 0 Å². The molecule has 1 heterocycles. The largest absolute Gasteiger partial charge is 0.355 e. The molecule has 0 spiro atoms. The fourth-order valence-electron chi connectivity index (χ4n) is 1.04. The molecule has 1 N–H and O–H groups in total. The molecule has 11 heavy (non-hydrogen) atoms. The number of nitrogens with zero attached hydrogens (tertiary/aromatic N) is 1. The van der Waals surface area contributed by atoms with Crippen LogP contribution in [0.1, 0.15) is 13.8 Å². The molecule has 1 aliphatic heterocycles. The number of nitrogens with one attached hydrogen (secondary N) is 1. The van der Waals surface area contributed by atoms with E-state index in [9.17, 15) is 0 Å². The maximum absolute atomic E-state index is 8.51. The van der Waals surface area contributed by atoms with Gasteiger partial charge in [-0.15, -0.1) is 12.4 Å². The summed E-state index contributed by atoms with van der Waals surface area (Å²) in [6, 6.07) is 2.07. The zero-order valence-corrected chi connectivity index (χ0v) is 7.57. The smallest absolute Gasteiger partial charge is 0.157 e. The zero-order chi connectivity index (χ0) is 7.61. The molecule has 0 saturated carbocycles. The third-order valence-electron chi connectivity index (χ3n) is 1.49. The SMILES string of the molecule is CC1(C)CNCC(C#N)O1.Cl. The van der Waals surface area contributed by atoms with E-state index in [1.807, 2.05) is 13.8 Å². The van der Waals surface area contributed by atoms with Gasteiger partial charge >= 0.3 is 0 Å². The van der Waals surface area contributed by atoms with Crippen molar-refractivity contribution in [1.29, 1.82) is 5.26 Å². The Morgan fingerprint density at radius 3 is 2.64 bits per heavy atom. The van der Waals surface area contributed by atoms with E-state index in [0.717, 1.165) is 6.54 Å². The van der Waals surface area contributed by atoms with Gasteiger partial charge in [-0.25, -0.2) is 0 Å². The highest BCUT2D eigenvalue weighted by molar-refractivity contribution is 5.85. The average molecular weight is 177 g/mol. The van der Waals surface area contributed by atoms with Gasteiger partial charge in [-0.2, -0.15) is 5.26 Å². The molecule has 1 unspecified atom stereocenters. The van der Waals surface area contributed by atoms with Gasteiger partial charge in [0.1, 0.15) is 0 Å². The first kappa shape index (κ1) is 10.7. The first-order chi connectivity index (χ1) is 4.64. The topological polar surface area (TPSA) is 45.0 Å². The second-order valence-corrected chi connectivity index (χ2v) is 3.13. The van der Waals surface area contributed by atoms with E-state index >= 15 is 0 Å². The minimum Gasteiger partial charge on any atom is -0.355 e. The number of hydrogen-bond donors (Lipinski definition) is 1. The van der Waals surface area contributed by atoms with E-state index in [1.54, 1.807) is 0 Å². The lowest BCUT2D eigenvalue weighted by Gasteiger charge is -2.33. The van der Waals surface area contributed by atoms with Gasteiger partial charge in [-0.05, 0) is 13.8 Å². The Morgan fingerprint density at radius 1 is 1.64 bits per heavy atom. The van der Waals surface area contributed by atoms with E-state index in [4.69, 9.17) is 10.00 Å². The molecule has 0 bridgehead atoms. The average Bonchev–Trinajstić information content (AvgIpc) is 1.86. The van der Waals surface area contributed by atoms with Gasteiger partial charge in [0.25, 0.3) is 0 Å². The number of hydrogen-bond acceptors (Lipinski definition) is 3. The molecule has 0 aromatic heterocycles. The van der Waals surface area contributed by atoms with Crippen molar-refractivity contribution in [2.24, 2.45) is 0 Å². The normalized spacial score (nSPS) is 28.3. The molecule has 1 saturated heterocycles. The summed E-state index contributed by atoms with van der Waals surface area (Å²) < 4.78 is 5.40. The van der Waals surface area contributed by atoms with Gasteiger partial charge in [0.05, 0.1) is 11.7 Å². The minimum atomic E-state index is -0.274. The third-order valence-corrected chi connectivity index (χ3v) is 1.49. The maximum Gasteiger partial charge on any atom is 0.157 e. The van der Waals surface area contributed by atoms with E-state index in [0.29, 0.717) is 6.54 Å². The quantitative estimate of drug-likeness (QED) is 0.591. The predicted octanol–water partition coefficient (Wildman–Crippen LogP) is 0.699. The van der Waals surface area contributed by atoms with Gasteiger partial charge < -0.3 is 10.1 Å². The molecule has 0 aliphatic carbocycles. The van der Waals surface area contributed by atoms with Gasteiger partial charge in [-0.1, -0.05) is 0 Å². The molecule has 1 rings (SSSR count). The Kier molecular flexibility index (Phi) is 3.81. The number of ether oxygens (including phenoxy) is 1. The number of morpholine rings is 1. The number of halogens is 1. The Labute approximate surface area is 73.1 Å². The number of nitriles is 1. The molecular weight excluding hydrogens is 164 g/mol. The van der Waals surface area contributed by atoms with E-state index in [2.05, 4.69) is 11.4 Å². The summed E-state index contributed by atoms with van der Waals surface area (Å²) in [7, 11) is 0. The second kappa shape index (κ2) is 3.91. The van der Waals surface area contributed by atoms with E-state index in [1.165, 1.54) is 0 Å². The van der Waals surface area contributed by atoms with Crippen molar-refractivity contribution >= 4 is 12.4 Å². The lowest BCUT2D eigenvalue weighted by molar-refractivity contribution is -0.0699. The Bertz CT molecular complexity index is 164. The predicted molar refractivity (Wildman–Crippen MR) is 44.7 cm³/mol. The molecule has 0 aromatic carbocycles. The highest BCUT2D eigenvalue weighted by Crippen LogP contribution is 2.14. The van der Waals surface area contributed by atoms with Crippen molar-refractivity contribution in [2.45, 2.75) is 25.6 Å². The lowest BCUT2D eigenvalue weighted by atomic mass is 10.1. The molecule has 4 heteroatoms. The number of rotatable bonds is 0. The first-order valence-corrected chi connectivity index (χ1v) is 3.42. The van der Waals surface area contributed by atoms with Gasteiger partial charge in [0.15, 0.2) is 6.10 Å². The summed E-state index contributed by atoms with van der Waals surface area (Å²) in [5, 5.41) is 11.6. The van der Waals surface area contributed by atoms with Crippen LogP contribution in [0.3, 0.4) is 0 Å². The van der Waals surface area contributed by atoms with Gasteiger partial charge in [0.2, 0.25) is 0 Å². The van der Waals surface area contributed by atoms with E-state index < -0.39 is 0 Å². The van der Waals surface area contributed by atoms with Crippen molar-refractivity contribution in [3.8, 4) is 6.07 Å². The Hall–Kier alpha value is -0.300. The molecular formula is C7H13ClN2O. The second-order valence-electron chi connectivity index (χ2n) is 3.13. The molecule has 64 valence electrons. The molecule has 0 radical (unpaired) electrons. The van der Waals surface area contributed by atoms with E-state index in [-0.39, 0.29) is 24.1 Å². The van der Waals surface area contributed by atoms with Crippen LogP contribution in [-0.4, -0.2) is 24.8 Å². The van der Waals surface area contributed by atoms with Crippen LogP contribution in [0, 0.1) is 11.3 Å². The van der Waals surface area contributed by atoms with Crippen LogP contribution >= 0.6 is 12.4 Å². The fourth-order valence-corrected chi connectivity index (χ4v) is 1.04. The van der Waals surface area contributed by atoms with Crippen LogP contribution in [0.15, 0.2) is 0 Å². The Balaban J connectivity index is 0.000001000. The minimum absolute atomic E-state index is 0. The van der Waals surface area contributed by atoms with Crippen LogP contribution < -0.4 is 5.32 Å². The van der Waals surface area contributed by atoms with Crippen molar-refractivity contribution in [3.63, 3.8) is 0 Å². The third kappa shape index (κ3) is 3.06.